The van der Waals surface area contributed by atoms with Crippen LogP contribution in [0.2, 0.25) is 0 Å². The first kappa shape index (κ1) is 13.0. The number of piperidine rings is 1. The lowest BCUT2D eigenvalue weighted by atomic mass is 9.98. The van der Waals surface area contributed by atoms with Crippen molar-refractivity contribution in [1.82, 2.24) is 4.90 Å². The average Bonchev–Trinajstić information content (AvgIpc) is 3.05. The van der Waals surface area contributed by atoms with Crippen LogP contribution >= 0.6 is 0 Å². The second-order valence-electron chi connectivity index (χ2n) is 5.60. The van der Waals surface area contributed by atoms with Crippen LogP contribution in [0.5, 0.6) is 0 Å². The molecular weight excluding hydrogens is 258 g/mol. The van der Waals surface area contributed by atoms with Crippen molar-refractivity contribution in [1.29, 1.82) is 0 Å². The normalized spacial score (nSPS) is 27.6. The number of rotatable bonds is 3. The number of ether oxygens (including phenoxy) is 1. The number of carbonyl (C=O) groups is 2. The second-order valence-corrected chi connectivity index (χ2v) is 5.60. The predicted molar refractivity (Wildman–Crippen MR) is 71.0 cm³/mol. The molecule has 2 fully saturated rings. The van der Waals surface area contributed by atoms with Gasteiger partial charge in [0, 0.05) is 6.54 Å². The maximum Gasteiger partial charge on any atom is 0.411 e. The van der Waals surface area contributed by atoms with Gasteiger partial charge in [-0.1, -0.05) is 30.3 Å². The molecule has 2 aliphatic rings. The average molecular weight is 275 g/mol. The highest BCUT2D eigenvalue weighted by Gasteiger charge is 2.58. The maximum atomic E-state index is 12.2. The molecule has 0 unspecified atom stereocenters. The van der Waals surface area contributed by atoms with E-state index in [4.69, 9.17) is 4.74 Å². The Labute approximate surface area is 117 Å². The van der Waals surface area contributed by atoms with Crippen molar-refractivity contribution >= 4 is 12.1 Å². The standard InChI is InChI=1S/C15H17NO4/c17-13(18)15-7-6-12(8-15)9-16(15)14(19)20-10-11-4-2-1-3-5-11/h1-5,12H,6-10H2,(H,17,18)/t12-,15+/m0/s1. The highest BCUT2D eigenvalue weighted by atomic mass is 16.6. The molecule has 1 aliphatic heterocycles. The third-order valence-electron chi connectivity index (χ3n) is 4.37. The molecule has 1 amide bonds. The number of carboxylic acid groups (broad SMARTS) is 1. The van der Waals surface area contributed by atoms with Crippen molar-refractivity contribution < 1.29 is 19.4 Å². The van der Waals surface area contributed by atoms with Crippen LogP contribution in [0.4, 0.5) is 4.79 Å². The molecule has 2 bridgehead atoms. The minimum atomic E-state index is -1.03. The summed E-state index contributed by atoms with van der Waals surface area (Å²) in [5.41, 5.74) is -0.132. The van der Waals surface area contributed by atoms with E-state index in [1.807, 2.05) is 30.3 Å². The Hall–Kier alpha value is -2.04. The van der Waals surface area contributed by atoms with Gasteiger partial charge in [-0.25, -0.2) is 9.59 Å². The van der Waals surface area contributed by atoms with Crippen LogP contribution in [0.1, 0.15) is 24.8 Å². The van der Waals surface area contributed by atoms with E-state index in [-0.39, 0.29) is 6.61 Å². The molecule has 0 radical (unpaired) electrons. The molecule has 3 rings (SSSR count). The smallest absolute Gasteiger partial charge is 0.411 e. The number of carbonyl (C=O) groups excluding carboxylic acids is 1. The second kappa shape index (κ2) is 4.81. The summed E-state index contributed by atoms with van der Waals surface area (Å²) in [4.78, 5) is 25.1. The Balaban J connectivity index is 1.67. The molecule has 1 heterocycles. The molecule has 1 aliphatic carbocycles. The first-order chi connectivity index (χ1) is 9.62. The summed E-state index contributed by atoms with van der Waals surface area (Å²) >= 11 is 0. The van der Waals surface area contributed by atoms with Gasteiger partial charge in [0.2, 0.25) is 0 Å². The summed E-state index contributed by atoms with van der Waals surface area (Å²) in [7, 11) is 0. The van der Waals surface area contributed by atoms with Gasteiger partial charge in [-0.3, -0.25) is 4.90 Å². The van der Waals surface area contributed by atoms with Crippen LogP contribution < -0.4 is 0 Å². The first-order valence-electron chi connectivity index (χ1n) is 6.83. The quantitative estimate of drug-likeness (QED) is 0.918. The minimum Gasteiger partial charge on any atom is -0.479 e. The lowest BCUT2D eigenvalue weighted by Crippen LogP contribution is -2.53. The van der Waals surface area contributed by atoms with Gasteiger partial charge in [0.25, 0.3) is 0 Å². The number of hydrogen-bond acceptors (Lipinski definition) is 3. The summed E-state index contributed by atoms with van der Waals surface area (Å²) in [6.07, 6.45) is 1.46. The summed E-state index contributed by atoms with van der Waals surface area (Å²) in [6.45, 7) is 0.677. The third kappa shape index (κ3) is 2.03. The molecule has 1 N–H and O–H groups in total. The monoisotopic (exact) mass is 275 g/mol. The topological polar surface area (TPSA) is 66.8 Å². The number of nitrogens with zero attached hydrogens (tertiary/aromatic N) is 1. The lowest BCUT2D eigenvalue weighted by Gasteiger charge is -2.34. The third-order valence-corrected chi connectivity index (χ3v) is 4.37. The number of hydrogen-bond donors (Lipinski definition) is 1. The Morgan fingerprint density at radius 3 is 2.75 bits per heavy atom. The van der Waals surface area contributed by atoms with Crippen molar-refractivity contribution in [3.8, 4) is 0 Å². The van der Waals surface area contributed by atoms with Crippen molar-refractivity contribution in [2.75, 3.05) is 6.54 Å². The highest BCUT2D eigenvalue weighted by molar-refractivity contribution is 5.85. The van der Waals surface area contributed by atoms with Gasteiger partial charge in [-0.2, -0.15) is 0 Å². The van der Waals surface area contributed by atoms with Crippen LogP contribution in [0.3, 0.4) is 0 Å². The molecule has 1 saturated heterocycles. The van der Waals surface area contributed by atoms with Crippen LogP contribution in [0.25, 0.3) is 0 Å². The highest BCUT2D eigenvalue weighted by Crippen LogP contribution is 2.46. The number of carboxylic acids is 1. The molecule has 1 aromatic rings. The molecule has 0 aromatic heterocycles. The summed E-state index contributed by atoms with van der Waals surface area (Å²) < 4.78 is 5.26. The maximum absolute atomic E-state index is 12.2. The lowest BCUT2D eigenvalue weighted by molar-refractivity contribution is -0.149. The Morgan fingerprint density at radius 1 is 1.35 bits per heavy atom. The number of fused-ring (bicyclic) bond motifs is 2. The Bertz CT molecular complexity index is 530. The van der Waals surface area contributed by atoms with Gasteiger partial charge < -0.3 is 9.84 Å². The van der Waals surface area contributed by atoms with E-state index in [0.717, 1.165) is 12.0 Å². The summed E-state index contributed by atoms with van der Waals surface area (Å²) in [5, 5.41) is 9.45. The van der Waals surface area contributed by atoms with Gasteiger partial charge in [0.1, 0.15) is 12.1 Å². The number of benzene rings is 1. The largest absolute Gasteiger partial charge is 0.479 e. The number of amides is 1. The summed E-state index contributed by atoms with van der Waals surface area (Å²) in [6, 6.07) is 9.39. The molecular formula is C15H17NO4. The van der Waals surface area contributed by atoms with E-state index >= 15 is 0 Å². The van der Waals surface area contributed by atoms with Crippen LogP contribution in [0, 0.1) is 5.92 Å². The fourth-order valence-electron chi connectivity index (χ4n) is 3.31. The van der Waals surface area contributed by atoms with Crippen molar-refractivity contribution in [3.63, 3.8) is 0 Å². The van der Waals surface area contributed by atoms with E-state index in [0.29, 0.717) is 25.3 Å². The van der Waals surface area contributed by atoms with E-state index < -0.39 is 17.6 Å². The fourth-order valence-corrected chi connectivity index (χ4v) is 3.31. The van der Waals surface area contributed by atoms with Gasteiger partial charge in [0.15, 0.2) is 0 Å². The SMILES string of the molecule is O=C(OCc1ccccc1)N1C[C@H]2CC[C@]1(C(=O)O)C2. The number of aliphatic carboxylic acids is 1. The van der Waals surface area contributed by atoms with Gasteiger partial charge >= 0.3 is 12.1 Å². The molecule has 5 heteroatoms. The molecule has 0 spiro atoms. The van der Waals surface area contributed by atoms with E-state index in [1.54, 1.807) is 0 Å². The molecule has 5 nitrogen and oxygen atoms in total. The van der Waals surface area contributed by atoms with E-state index in [1.165, 1.54) is 4.90 Å². The molecule has 1 aromatic carbocycles. The molecule has 2 atom stereocenters. The van der Waals surface area contributed by atoms with E-state index in [2.05, 4.69) is 0 Å². The van der Waals surface area contributed by atoms with Gasteiger partial charge in [-0.05, 0) is 30.7 Å². The molecule has 106 valence electrons. The van der Waals surface area contributed by atoms with Crippen molar-refractivity contribution in [3.05, 3.63) is 35.9 Å². The van der Waals surface area contributed by atoms with Crippen molar-refractivity contribution in [2.24, 2.45) is 5.92 Å². The van der Waals surface area contributed by atoms with Crippen molar-refractivity contribution in [2.45, 2.75) is 31.4 Å². The molecule has 20 heavy (non-hydrogen) atoms. The van der Waals surface area contributed by atoms with Crippen LogP contribution in [-0.2, 0) is 16.1 Å². The fraction of sp³-hybridized carbons (Fsp3) is 0.467. The molecule has 1 saturated carbocycles. The zero-order valence-electron chi connectivity index (χ0n) is 11.1. The predicted octanol–water partition coefficient (Wildman–Crippen LogP) is 2.26. The van der Waals surface area contributed by atoms with Crippen LogP contribution in [0.15, 0.2) is 30.3 Å². The first-order valence-corrected chi connectivity index (χ1v) is 6.83. The van der Waals surface area contributed by atoms with Gasteiger partial charge in [0.05, 0.1) is 0 Å². The number of likely N-dealkylation sites (tertiary alicyclic amines) is 1. The Morgan fingerprint density at radius 2 is 2.10 bits per heavy atom. The van der Waals surface area contributed by atoms with Crippen LogP contribution in [-0.4, -0.2) is 34.2 Å². The zero-order valence-corrected chi connectivity index (χ0v) is 11.1. The minimum absolute atomic E-state index is 0.177. The Kier molecular flexibility index (Phi) is 3.12. The van der Waals surface area contributed by atoms with Gasteiger partial charge in [-0.15, -0.1) is 0 Å². The zero-order chi connectivity index (χ0) is 14.2. The van der Waals surface area contributed by atoms with E-state index in [9.17, 15) is 14.7 Å². The summed E-state index contributed by atoms with van der Waals surface area (Å²) in [5.74, 6) is -0.607.